The lowest BCUT2D eigenvalue weighted by atomic mass is 9.82. The van der Waals surface area contributed by atoms with E-state index in [1.807, 2.05) is 52.0 Å². The van der Waals surface area contributed by atoms with E-state index in [0.717, 1.165) is 11.8 Å². The Morgan fingerprint density at radius 2 is 1.68 bits per heavy atom. The van der Waals surface area contributed by atoms with Crippen LogP contribution in [0.5, 0.6) is 0 Å². The van der Waals surface area contributed by atoms with Crippen molar-refractivity contribution in [1.82, 2.24) is 0 Å². The standard InChI is InChI=1S/C9H18.C8H12.C2H6/c1-3-9-6-4-8(2)5-7-9;1-4-6-7-8(3)5-2;1-2/h8-9H,3-7H2,1-2H3;4-7H,2H2,1,3H3;1-2H3/b;6-4-,8-7+;. The molecule has 0 nitrogen and oxygen atoms in total. The molecular formula is C19H36. The van der Waals surface area contributed by atoms with Crippen molar-refractivity contribution in [2.24, 2.45) is 11.8 Å². The minimum atomic E-state index is 1.02. The van der Waals surface area contributed by atoms with Crippen molar-refractivity contribution >= 4 is 0 Å². The number of allylic oxidation sites excluding steroid dienone is 5. The number of rotatable bonds is 3. The monoisotopic (exact) mass is 264 g/mol. The fourth-order valence-corrected chi connectivity index (χ4v) is 2.05. The third-order valence-electron chi connectivity index (χ3n) is 3.59. The minimum Gasteiger partial charge on any atom is -0.0988 e. The summed E-state index contributed by atoms with van der Waals surface area (Å²) in [5, 5.41) is 0. The van der Waals surface area contributed by atoms with Crippen molar-refractivity contribution in [3.8, 4) is 0 Å². The summed E-state index contributed by atoms with van der Waals surface area (Å²) in [7, 11) is 0. The molecule has 0 aromatic carbocycles. The molecule has 1 aliphatic rings. The Hall–Kier alpha value is -0.780. The van der Waals surface area contributed by atoms with E-state index in [4.69, 9.17) is 0 Å². The molecular weight excluding hydrogens is 228 g/mol. The molecule has 0 bridgehead atoms. The van der Waals surface area contributed by atoms with Crippen LogP contribution in [0.25, 0.3) is 0 Å². The lowest BCUT2D eigenvalue weighted by molar-refractivity contribution is 0.284. The second kappa shape index (κ2) is 15.3. The van der Waals surface area contributed by atoms with Gasteiger partial charge in [0.25, 0.3) is 0 Å². The normalized spacial score (nSPS) is 22.9. The van der Waals surface area contributed by atoms with Gasteiger partial charge in [-0.25, -0.2) is 0 Å². The van der Waals surface area contributed by atoms with Gasteiger partial charge in [-0.1, -0.05) is 96.3 Å². The van der Waals surface area contributed by atoms with Crippen molar-refractivity contribution in [2.45, 2.75) is 73.6 Å². The largest absolute Gasteiger partial charge is 0.0988 e. The molecule has 19 heavy (non-hydrogen) atoms. The Labute approximate surface area is 122 Å². The van der Waals surface area contributed by atoms with E-state index < -0.39 is 0 Å². The van der Waals surface area contributed by atoms with Crippen LogP contribution < -0.4 is 0 Å². The van der Waals surface area contributed by atoms with Crippen molar-refractivity contribution < 1.29 is 0 Å². The van der Waals surface area contributed by atoms with Gasteiger partial charge in [-0.3, -0.25) is 0 Å². The first-order chi connectivity index (χ1) is 9.13. The first-order valence-corrected chi connectivity index (χ1v) is 8.06. The molecule has 0 heteroatoms. The lowest BCUT2D eigenvalue weighted by Crippen LogP contribution is -2.10. The van der Waals surface area contributed by atoms with Crippen molar-refractivity contribution in [3.63, 3.8) is 0 Å². The van der Waals surface area contributed by atoms with Gasteiger partial charge in [0.05, 0.1) is 0 Å². The molecule has 0 heterocycles. The topological polar surface area (TPSA) is 0 Å². The maximum atomic E-state index is 3.61. The summed E-state index contributed by atoms with van der Waals surface area (Å²) >= 11 is 0. The summed E-state index contributed by atoms with van der Waals surface area (Å²) in [4.78, 5) is 0. The quantitative estimate of drug-likeness (QED) is 0.484. The van der Waals surface area contributed by atoms with Gasteiger partial charge < -0.3 is 0 Å². The van der Waals surface area contributed by atoms with Gasteiger partial charge >= 0.3 is 0 Å². The van der Waals surface area contributed by atoms with E-state index in [9.17, 15) is 0 Å². The molecule has 0 radical (unpaired) electrons. The van der Waals surface area contributed by atoms with Crippen molar-refractivity contribution in [1.29, 1.82) is 0 Å². The molecule has 0 aliphatic heterocycles. The maximum Gasteiger partial charge on any atom is -0.0398 e. The minimum absolute atomic E-state index is 1.02. The molecule has 0 amide bonds. The van der Waals surface area contributed by atoms with Gasteiger partial charge in [0.1, 0.15) is 0 Å². The second-order valence-electron chi connectivity index (χ2n) is 5.17. The molecule has 0 spiro atoms. The highest BCUT2D eigenvalue weighted by molar-refractivity contribution is 5.18. The molecule has 112 valence electrons. The Balaban J connectivity index is 0. The molecule has 0 aromatic rings. The van der Waals surface area contributed by atoms with Gasteiger partial charge in [-0.2, -0.15) is 0 Å². The summed E-state index contributed by atoms with van der Waals surface area (Å²) in [5.74, 6) is 2.09. The molecule has 1 rings (SSSR count). The van der Waals surface area contributed by atoms with Crippen LogP contribution in [0, 0.1) is 11.8 Å². The third-order valence-corrected chi connectivity index (χ3v) is 3.59. The average molecular weight is 264 g/mol. The molecule has 0 saturated heterocycles. The lowest BCUT2D eigenvalue weighted by Gasteiger charge is -2.24. The van der Waals surface area contributed by atoms with Crippen LogP contribution in [0.3, 0.4) is 0 Å². The summed E-state index contributed by atoms with van der Waals surface area (Å²) in [6, 6.07) is 0. The summed E-state index contributed by atoms with van der Waals surface area (Å²) in [6.45, 7) is 16.3. The number of hydrogen-bond acceptors (Lipinski definition) is 0. The highest BCUT2D eigenvalue weighted by Crippen LogP contribution is 2.29. The van der Waals surface area contributed by atoms with Crippen LogP contribution in [0.15, 0.2) is 36.5 Å². The number of hydrogen-bond donors (Lipinski definition) is 0. The predicted molar refractivity (Wildman–Crippen MR) is 91.5 cm³/mol. The fraction of sp³-hybridized carbons (Fsp3) is 0.684. The van der Waals surface area contributed by atoms with Crippen LogP contribution in [-0.4, -0.2) is 0 Å². The molecule has 0 atom stereocenters. The van der Waals surface area contributed by atoms with Crippen LogP contribution in [-0.2, 0) is 0 Å². The van der Waals surface area contributed by atoms with Crippen molar-refractivity contribution in [3.05, 3.63) is 36.5 Å². The van der Waals surface area contributed by atoms with E-state index >= 15 is 0 Å². The zero-order chi connectivity index (χ0) is 15.1. The summed E-state index contributed by atoms with van der Waals surface area (Å²) in [5.41, 5.74) is 1.20. The Kier molecular flexibility index (Phi) is 16.5. The smallest absolute Gasteiger partial charge is 0.0398 e. The van der Waals surface area contributed by atoms with Crippen LogP contribution in [0.2, 0.25) is 0 Å². The summed E-state index contributed by atoms with van der Waals surface area (Å²) < 4.78 is 0. The molecule has 1 aliphatic carbocycles. The molecule has 0 aromatic heterocycles. The zero-order valence-electron chi connectivity index (χ0n) is 14.2. The molecule has 1 saturated carbocycles. The van der Waals surface area contributed by atoms with Crippen LogP contribution in [0.4, 0.5) is 0 Å². The maximum absolute atomic E-state index is 3.61. The van der Waals surface area contributed by atoms with Gasteiger partial charge in [-0.15, -0.1) is 0 Å². The first-order valence-electron chi connectivity index (χ1n) is 8.06. The second-order valence-corrected chi connectivity index (χ2v) is 5.17. The molecule has 1 fully saturated rings. The van der Waals surface area contributed by atoms with Gasteiger partial charge in [0.15, 0.2) is 0 Å². The Bertz CT molecular complexity index is 237. The zero-order valence-corrected chi connectivity index (χ0v) is 14.2. The highest BCUT2D eigenvalue weighted by atomic mass is 14.2. The molecule has 0 N–H and O–H groups in total. The van der Waals surface area contributed by atoms with E-state index in [1.54, 1.807) is 0 Å². The Morgan fingerprint density at radius 3 is 2.05 bits per heavy atom. The van der Waals surface area contributed by atoms with Gasteiger partial charge in [0, 0.05) is 0 Å². The van der Waals surface area contributed by atoms with E-state index in [-0.39, 0.29) is 0 Å². The van der Waals surface area contributed by atoms with Crippen LogP contribution in [0.1, 0.15) is 73.6 Å². The molecule has 0 unspecified atom stereocenters. The van der Waals surface area contributed by atoms with Crippen molar-refractivity contribution in [2.75, 3.05) is 0 Å². The highest BCUT2D eigenvalue weighted by Gasteiger charge is 2.15. The van der Waals surface area contributed by atoms with Gasteiger partial charge in [-0.05, 0) is 25.7 Å². The van der Waals surface area contributed by atoms with E-state index in [2.05, 4.69) is 20.4 Å². The third kappa shape index (κ3) is 13.5. The first kappa shape index (κ1) is 20.5. The predicted octanol–water partition coefficient (Wildman–Crippen LogP) is 6.94. The van der Waals surface area contributed by atoms with E-state index in [1.165, 1.54) is 37.7 Å². The van der Waals surface area contributed by atoms with Crippen LogP contribution >= 0.6 is 0 Å². The average Bonchev–Trinajstić information content (AvgIpc) is 2.48. The SMILES string of the molecule is C=C/C(C)=C/C=C\C.CC.CCC1CCC(C)CC1. The summed E-state index contributed by atoms with van der Waals surface area (Å²) in [6.07, 6.45) is 15.2. The van der Waals surface area contributed by atoms with E-state index in [0.29, 0.717) is 0 Å². The Morgan fingerprint density at radius 1 is 1.16 bits per heavy atom. The fourth-order valence-electron chi connectivity index (χ4n) is 2.05. The van der Waals surface area contributed by atoms with Gasteiger partial charge in [0.2, 0.25) is 0 Å².